The van der Waals surface area contributed by atoms with Crippen LogP contribution in [0.25, 0.3) is 10.9 Å². The van der Waals surface area contributed by atoms with Crippen LogP contribution >= 0.6 is 11.8 Å². The number of rotatable bonds is 5. The van der Waals surface area contributed by atoms with Crippen LogP contribution in [0.4, 0.5) is 11.4 Å². The number of anilines is 2. The SMILES string of the molecule is CSCCCNc1ccnc2c(N)cccc12. The minimum atomic E-state index is 0.732. The number of nitrogens with one attached hydrogen (secondary N) is 1. The van der Waals surface area contributed by atoms with E-state index < -0.39 is 0 Å². The Morgan fingerprint density at radius 3 is 3.06 bits per heavy atom. The molecular formula is C13H17N3S. The highest BCUT2D eigenvalue weighted by molar-refractivity contribution is 7.98. The van der Waals surface area contributed by atoms with E-state index in [0.717, 1.165) is 35.2 Å². The molecule has 4 heteroatoms. The predicted molar refractivity (Wildman–Crippen MR) is 77.6 cm³/mol. The van der Waals surface area contributed by atoms with Crippen molar-refractivity contribution in [3.8, 4) is 0 Å². The Labute approximate surface area is 106 Å². The van der Waals surface area contributed by atoms with Crippen molar-refractivity contribution in [1.82, 2.24) is 4.98 Å². The van der Waals surface area contributed by atoms with Crippen LogP contribution in [0.1, 0.15) is 6.42 Å². The highest BCUT2D eigenvalue weighted by atomic mass is 32.2. The highest BCUT2D eigenvalue weighted by Gasteiger charge is 2.03. The van der Waals surface area contributed by atoms with Crippen molar-refractivity contribution in [3.63, 3.8) is 0 Å². The van der Waals surface area contributed by atoms with E-state index >= 15 is 0 Å². The summed E-state index contributed by atoms with van der Waals surface area (Å²) in [5.41, 5.74) is 8.63. The second kappa shape index (κ2) is 5.77. The molecule has 0 atom stereocenters. The molecule has 0 amide bonds. The summed E-state index contributed by atoms with van der Waals surface area (Å²) in [7, 11) is 0. The van der Waals surface area contributed by atoms with Gasteiger partial charge in [0.2, 0.25) is 0 Å². The van der Waals surface area contributed by atoms with Gasteiger partial charge in [0.25, 0.3) is 0 Å². The maximum Gasteiger partial charge on any atom is 0.0951 e. The van der Waals surface area contributed by atoms with Crippen molar-refractivity contribution in [3.05, 3.63) is 30.5 Å². The number of para-hydroxylation sites is 1. The lowest BCUT2D eigenvalue weighted by atomic mass is 10.1. The fourth-order valence-electron chi connectivity index (χ4n) is 1.79. The van der Waals surface area contributed by atoms with Gasteiger partial charge in [-0.05, 0) is 30.6 Å². The molecule has 0 saturated heterocycles. The molecule has 1 aromatic carbocycles. The second-order valence-corrected chi connectivity index (χ2v) is 4.86. The molecule has 1 aromatic heterocycles. The van der Waals surface area contributed by atoms with E-state index in [1.54, 1.807) is 6.20 Å². The summed E-state index contributed by atoms with van der Waals surface area (Å²) in [6.45, 7) is 0.981. The standard InChI is InChI=1S/C13H17N3S/c1-17-9-3-7-15-12-6-8-16-13-10(12)4-2-5-11(13)14/h2,4-6,8H,3,7,9,14H2,1H3,(H,15,16). The average molecular weight is 247 g/mol. The molecule has 0 fully saturated rings. The van der Waals surface area contributed by atoms with Crippen molar-refractivity contribution in [1.29, 1.82) is 0 Å². The van der Waals surface area contributed by atoms with E-state index in [-0.39, 0.29) is 0 Å². The zero-order valence-corrected chi connectivity index (χ0v) is 10.8. The summed E-state index contributed by atoms with van der Waals surface area (Å²) in [4.78, 5) is 4.32. The predicted octanol–water partition coefficient (Wildman–Crippen LogP) is 2.98. The topological polar surface area (TPSA) is 50.9 Å². The van der Waals surface area contributed by atoms with Gasteiger partial charge in [0.15, 0.2) is 0 Å². The monoisotopic (exact) mass is 247 g/mol. The zero-order valence-electron chi connectivity index (χ0n) is 9.94. The Kier molecular flexibility index (Phi) is 4.09. The molecule has 0 spiro atoms. The lowest BCUT2D eigenvalue weighted by Crippen LogP contribution is -2.03. The minimum absolute atomic E-state index is 0.732. The molecule has 2 aromatic rings. The molecule has 0 radical (unpaired) electrons. The van der Waals surface area contributed by atoms with E-state index in [9.17, 15) is 0 Å². The van der Waals surface area contributed by atoms with Gasteiger partial charge in [-0.3, -0.25) is 4.98 Å². The number of aromatic nitrogens is 1. The fraction of sp³-hybridized carbons (Fsp3) is 0.308. The van der Waals surface area contributed by atoms with Gasteiger partial charge in [0.05, 0.1) is 11.2 Å². The number of nitrogen functional groups attached to an aromatic ring is 1. The number of hydrogen-bond donors (Lipinski definition) is 2. The molecule has 0 aliphatic rings. The van der Waals surface area contributed by atoms with Gasteiger partial charge in [-0.15, -0.1) is 0 Å². The third kappa shape index (κ3) is 2.82. The fourth-order valence-corrected chi connectivity index (χ4v) is 2.23. The Balaban J connectivity index is 2.19. The van der Waals surface area contributed by atoms with Gasteiger partial charge in [-0.25, -0.2) is 0 Å². The summed E-state index contributed by atoms with van der Waals surface area (Å²) in [5, 5.41) is 4.53. The molecule has 0 bridgehead atoms. The third-order valence-corrected chi connectivity index (χ3v) is 3.34. The Morgan fingerprint density at radius 2 is 2.24 bits per heavy atom. The summed E-state index contributed by atoms with van der Waals surface area (Å²) in [6.07, 6.45) is 5.09. The summed E-state index contributed by atoms with van der Waals surface area (Å²) in [6, 6.07) is 7.90. The molecular weight excluding hydrogens is 230 g/mol. The molecule has 2 rings (SSSR count). The van der Waals surface area contributed by atoms with Gasteiger partial charge >= 0.3 is 0 Å². The number of benzene rings is 1. The highest BCUT2D eigenvalue weighted by Crippen LogP contribution is 2.25. The van der Waals surface area contributed by atoms with Crippen LogP contribution in [-0.2, 0) is 0 Å². The van der Waals surface area contributed by atoms with Crippen LogP contribution in [0.3, 0.4) is 0 Å². The van der Waals surface area contributed by atoms with Crippen LogP contribution in [0.2, 0.25) is 0 Å². The van der Waals surface area contributed by atoms with Crippen molar-refractivity contribution in [2.75, 3.05) is 29.6 Å². The molecule has 1 heterocycles. The minimum Gasteiger partial charge on any atom is -0.397 e. The summed E-state index contributed by atoms with van der Waals surface area (Å²) in [5.74, 6) is 1.18. The average Bonchev–Trinajstić information content (AvgIpc) is 2.36. The number of hydrogen-bond acceptors (Lipinski definition) is 4. The molecule has 3 nitrogen and oxygen atoms in total. The quantitative estimate of drug-likeness (QED) is 0.630. The van der Waals surface area contributed by atoms with Crippen LogP contribution in [-0.4, -0.2) is 23.5 Å². The first-order valence-electron chi connectivity index (χ1n) is 5.69. The molecule has 17 heavy (non-hydrogen) atoms. The zero-order chi connectivity index (χ0) is 12.1. The van der Waals surface area contributed by atoms with Crippen molar-refractivity contribution >= 4 is 34.0 Å². The van der Waals surface area contributed by atoms with E-state index in [4.69, 9.17) is 5.73 Å². The molecule has 0 aliphatic carbocycles. The Morgan fingerprint density at radius 1 is 1.35 bits per heavy atom. The number of fused-ring (bicyclic) bond motifs is 1. The van der Waals surface area contributed by atoms with Gasteiger partial charge in [0, 0.05) is 23.8 Å². The normalized spacial score (nSPS) is 10.6. The van der Waals surface area contributed by atoms with Crippen LogP contribution in [0.5, 0.6) is 0 Å². The maximum absolute atomic E-state index is 5.91. The van der Waals surface area contributed by atoms with Crippen LogP contribution < -0.4 is 11.1 Å². The summed E-state index contributed by atoms with van der Waals surface area (Å²) >= 11 is 1.87. The smallest absolute Gasteiger partial charge is 0.0951 e. The Hall–Kier alpha value is -1.42. The first-order valence-corrected chi connectivity index (χ1v) is 7.08. The second-order valence-electron chi connectivity index (χ2n) is 3.88. The third-order valence-electron chi connectivity index (χ3n) is 2.64. The largest absolute Gasteiger partial charge is 0.397 e. The van der Waals surface area contributed by atoms with Crippen molar-refractivity contribution in [2.45, 2.75) is 6.42 Å². The van der Waals surface area contributed by atoms with Crippen molar-refractivity contribution in [2.24, 2.45) is 0 Å². The van der Waals surface area contributed by atoms with Gasteiger partial charge in [-0.2, -0.15) is 11.8 Å². The first kappa shape index (κ1) is 12.0. The van der Waals surface area contributed by atoms with E-state index in [0.29, 0.717) is 0 Å². The van der Waals surface area contributed by atoms with Crippen LogP contribution in [0, 0.1) is 0 Å². The maximum atomic E-state index is 5.91. The molecule has 0 saturated carbocycles. The van der Waals surface area contributed by atoms with Crippen molar-refractivity contribution < 1.29 is 0 Å². The van der Waals surface area contributed by atoms with E-state index in [2.05, 4.69) is 22.6 Å². The lowest BCUT2D eigenvalue weighted by Gasteiger charge is -2.09. The number of pyridine rings is 1. The molecule has 3 N–H and O–H groups in total. The van der Waals surface area contributed by atoms with Gasteiger partial charge in [0.1, 0.15) is 0 Å². The van der Waals surface area contributed by atoms with Gasteiger partial charge in [-0.1, -0.05) is 12.1 Å². The number of nitrogens with zero attached hydrogens (tertiary/aromatic N) is 1. The number of thioether (sulfide) groups is 1. The molecule has 90 valence electrons. The first-order chi connectivity index (χ1) is 8.33. The molecule has 0 aliphatic heterocycles. The van der Waals surface area contributed by atoms with E-state index in [1.165, 1.54) is 5.75 Å². The lowest BCUT2D eigenvalue weighted by molar-refractivity contribution is 0.995. The Bertz CT molecular complexity index is 499. The number of nitrogens with two attached hydrogens (primary N) is 1. The molecule has 0 unspecified atom stereocenters. The summed E-state index contributed by atoms with van der Waals surface area (Å²) < 4.78 is 0. The van der Waals surface area contributed by atoms with E-state index in [1.807, 2.05) is 30.0 Å². The van der Waals surface area contributed by atoms with Gasteiger partial charge < -0.3 is 11.1 Å². The van der Waals surface area contributed by atoms with Crippen LogP contribution in [0.15, 0.2) is 30.5 Å².